The molecule has 4 nitrogen and oxygen atoms in total. The van der Waals surface area contributed by atoms with Crippen molar-refractivity contribution in [1.29, 1.82) is 0 Å². The lowest BCUT2D eigenvalue weighted by molar-refractivity contribution is 0.0183. The summed E-state index contributed by atoms with van der Waals surface area (Å²) in [6.45, 7) is 6.75. The van der Waals surface area contributed by atoms with Gasteiger partial charge in [-0.2, -0.15) is 0 Å². The average molecular weight is 321 g/mol. The highest BCUT2D eigenvalue weighted by atomic mass is 19.1. The zero-order valence-electron chi connectivity index (χ0n) is 14.0. The van der Waals surface area contributed by atoms with Crippen LogP contribution < -0.4 is 0 Å². The van der Waals surface area contributed by atoms with E-state index in [0.717, 1.165) is 12.8 Å². The summed E-state index contributed by atoms with van der Waals surface area (Å²) in [5, 5.41) is 0. The predicted molar refractivity (Wildman–Crippen MR) is 85.9 cm³/mol. The number of carbonyl (C=O) groups excluding carboxylic acids is 2. The average Bonchev–Trinajstić information content (AvgIpc) is 2.46. The second kappa shape index (κ2) is 7.11. The van der Waals surface area contributed by atoms with Gasteiger partial charge in [-0.1, -0.05) is 0 Å². The number of benzene rings is 1. The molecule has 0 unspecified atom stereocenters. The molecule has 126 valence electrons. The minimum Gasteiger partial charge on any atom is -0.444 e. The Morgan fingerprint density at radius 1 is 1.17 bits per heavy atom. The molecule has 0 saturated carbocycles. The maximum Gasteiger partial charge on any atom is 0.410 e. The molecule has 0 aromatic heterocycles. The topological polar surface area (TPSA) is 46.6 Å². The van der Waals surface area contributed by atoms with E-state index in [1.54, 1.807) is 4.90 Å². The molecule has 0 atom stereocenters. The van der Waals surface area contributed by atoms with Crippen LogP contribution in [-0.2, 0) is 4.74 Å². The quantitative estimate of drug-likeness (QED) is 0.789. The van der Waals surface area contributed by atoms with Crippen LogP contribution in [-0.4, -0.2) is 35.5 Å². The van der Waals surface area contributed by atoms with E-state index in [4.69, 9.17) is 4.74 Å². The second-order valence-electron chi connectivity index (χ2n) is 7.04. The fourth-order valence-electron chi connectivity index (χ4n) is 2.66. The highest BCUT2D eigenvalue weighted by Gasteiger charge is 2.27. The van der Waals surface area contributed by atoms with E-state index < -0.39 is 5.60 Å². The number of halogens is 1. The van der Waals surface area contributed by atoms with E-state index in [0.29, 0.717) is 25.1 Å². The van der Waals surface area contributed by atoms with Gasteiger partial charge >= 0.3 is 6.09 Å². The predicted octanol–water partition coefficient (Wildman–Crippen LogP) is 4.05. The molecule has 5 heteroatoms. The summed E-state index contributed by atoms with van der Waals surface area (Å²) in [5.41, 5.74) is 0.0490. The molecule has 23 heavy (non-hydrogen) atoms. The van der Waals surface area contributed by atoms with Gasteiger partial charge in [0.2, 0.25) is 0 Å². The van der Waals surface area contributed by atoms with Crippen molar-refractivity contribution in [3.8, 4) is 0 Å². The minimum absolute atomic E-state index is 0.0284. The van der Waals surface area contributed by atoms with Crippen LogP contribution in [0, 0.1) is 11.7 Å². The number of ether oxygens (including phenoxy) is 1. The van der Waals surface area contributed by atoms with E-state index in [-0.39, 0.29) is 23.6 Å². The van der Waals surface area contributed by atoms with Crippen molar-refractivity contribution in [2.75, 3.05) is 13.1 Å². The molecule has 0 N–H and O–H groups in total. The number of amides is 1. The first kappa shape index (κ1) is 17.4. The zero-order valence-corrected chi connectivity index (χ0v) is 14.0. The van der Waals surface area contributed by atoms with E-state index in [9.17, 15) is 14.0 Å². The number of hydrogen-bond donors (Lipinski definition) is 0. The molecule has 1 aliphatic rings. The number of hydrogen-bond acceptors (Lipinski definition) is 3. The fraction of sp³-hybridized carbons (Fsp3) is 0.556. The van der Waals surface area contributed by atoms with Gasteiger partial charge in [0.05, 0.1) is 0 Å². The van der Waals surface area contributed by atoms with Crippen LogP contribution in [0.4, 0.5) is 9.18 Å². The lowest BCUT2D eigenvalue weighted by Crippen LogP contribution is -2.42. The largest absolute Gasteiger partial charge is 0.444 e. The molecular formula is C18H24FNO3. The van der Waals surface area contributed by atoms with Crippen LogP contribution in [0.2, 0.25) is 0 Å². The summed E-state index contributed by atoms with van der Waals surface area (Å²) in [6.07, 6.45) is 1.72. The van der Waals surface area contributed by atoms with Crippen molar-refractivity contribution in [2.24, 2.45) is 5.92 Å². The fourth-order valence-corrected chi connectivity index (χ4v) is 2.66. The van der Waals surface area contributed by atoms with Crippen LogP contribution in [0.15, 0.2) is 24.3 Å². The maximum atomic E-state index is 12.9. The Morgan fingerprint density at radius 2 is 1.74 bits per heavy atom. The molecule has 0 spiro atoms. The number of carbonyl (C=O) groups is 2. The van der Waals surface area contributed by atoms with Crippen LogP contribution in [0.5, 0.6) is 0 Å². The Labute approximate surface area is 136 Å². The standard InChI is InChI=1S/C18H24FNO3/c1-18(2,3)23-17(22)20-10-8-13(9-11-20)12-16(21)14-4-6-15(19)7-5-14/h4-7,13H,8-12H2,1-3H3. The number of nitrogens with zero attached hydrogens (tertiary/aromatic N) is 1. The number of likely N-dealkylation sites (tertiary alicyclic amines) is 1. The van der Waals surface area contributed by atoms with E-state index in [2.05, 4.69) is 0 Å². The summed E-state index contributed by atoms with van der Waals surface area (Å²) < 4.78 is 18.2. The number of Topliss-reactive ketones (excluding diaryl/α,β-unsaturated/α-hetero) is 1. The Kier molecular flexibility index (Phi) is 5.39. The molecule has 2 rings (SSSR count). The van der Waals surface area contributed by atoms with Gasteiger partial charge in [-0.25, -0.2) is 9.18 Å². The van der Waals surface area contributed by atoms with Gasteiger partial charge in [0, 0.05) is 25.1 Å². The number of ketones is 1. The zero-order chi connectivity index (χ0) is 17.0. The molecular weight excluding hydrogens is 297 g/mol. The first-order chi connectivity index (χ1) is 10.7. The SMILES string of the molecule is CC(C)(C)OC(=O)N1CCC(CC(=O)c2ccc(F)cc2)CC1. The van der Waals surface area contributed by atoms with Crippen LogP contribution in [0.1, 0.15) is 50.4 Å². The monoisotopic (exact) mass is 321 g/mol. The van der Waals surface area contributed by atoms with E-state index in [1.165, 1.54) is 24.3 Å². The molecule has 1 aliphatic heterocycles. The molecule has 1 amide bonds. The molecule has 0 radical (unpaired) electrons. The molecule has 1 aromatic carbocycles. The van der Waals surface area contributed by atoms with Crippen molar-refractivity contribution in [3.05, 3.63) is 35.6 Å². The Morgan fingerprint density at radius 3 is 2.26 bits per heavy atom. The number of rotatable bonds is 3. The molecule has 0 bridgehead atoms. The second-order valence-corrected chi connectivity index (χ2v) is 7.04. The highest BCUT2D eigenvalue weighted by molar-refractivity contribution is 5.96. The molecule has 1 aromatic rings. The third-order valence-corrected chi connectivity index (χ3v) is 3.91. The molecule has 1 saturated heterocycles. The van der Waals surface area contributed by atoms with Gasteiger partial charge in [-0.3, -0.25) is 4.79 Å². The van der Waals surface area contributed by atoms with Crippen LogP contribution in [0.25, 0.3) is 0 Å². The summed E-state index contributed by atoms with van der Waals surface area (Å²) in [7, 11) is 0. The lowest BCUT2D eigenvalue weighted by Gasteiger charge is -2.33. The van der Waals surface area contributed by atoms with Gasteiger partial charge in [-0.15, -0.1) is 0 Å². The highest BCUT2D eigenvalue weighted by Crippen LogP contribution is 2.24. The Hall–Kier alpha value is -1.91. The minimum atomic E-state index is -0.494. The summed E-state index contributed by atoms with van der Waals surface area (Å²) in [5.74, 6) is -0.0563. The van der Waals surface area contributed by atoms with Crippen molar-refractivity contribution >= 4 is 11.9 Å². The maximum absolute atomic E-state index is 12.9. The third kappa shape index (κ3) is 5.34. The van der Waals surface area contributed by atoms with Crippen LogP contribution in [0.3, 0.4) is 0 Å². The van der Waals surface area contributed by atoms with Crippen molar-refractivity contribution in [2.45, 2.75) is 45.6 Å². The molecule has 1 heterocycles. The van der Waals surface area contributed by atoms with Gasteiger partial charge < -0.3 is 9.64 Å². The first-order valence-corrected chi connectivity index (χ1v) is 8.01. The van der Waals surface area contributed by atoms with E-state index >= 15 is 0 Å². The smallest absolute Gasteiger partial charge is 0.410 e. The van der Waals surface area contributed by atoms with Crippen molar-refractivity contribution in [3.63, 3.8) is 0 Å². The first-order valence-electron chi connectivity index (χ1n) is 8.01. The van der Waals surface area contributed by atoms with Crippen molar-refractivity contribution in [1.82, 2.24) is 4.90 Å². The number of piperidine rings is 1. The Bertz CT molecular complexity index is 555. The van der Waals surface area contributed by atoms with Crippen molar-refractivity contribution < 1.29 is 18.7 Å². The molecule has 1 fully saturated rings. The molecule has 0 aliphatic carbocycles. The summed E-state index contributed by atoms with van der Waals surface area (Å²) in [4.78, 5) is 25.9. The summed E-state index contributed by atoms with van der Waals surface area (Å²) >= 11 is 0. The van der Waals surface area contributed by atoms with E-state index in [1.807, 2.05) is 20.8 Å². The van der Waals surface area contributed by atoms with Gasteiger partial charge in [0.25, 0.3) is 0 Å². The van der Waals surface area contributed by atoms with Crippen LogP contribution >= 0.6 is 0 Å². The van der Waals surface area contributed by atoms with Gasteiger partial charge in [-0.05, 0) is 63.8 Å². The Balaban J connectivity index is 1.81. The normalized spacial score (nSPS) is 16.3. The summed E-state index contributed by atoms with van der Waals surface area (Å²) in [6, 6.07) is 5.65. The van der Waals surface area contributed by atoms with Gasteiger partial charge in [0.15, 0.2) is 5.78 Å². The third-order valence-electron chi connectivity index (χ3n) is 3.91. The van der Waals surface area contributed by atoms with Gasteiger partial charge in [0.1, 0.15) is 11.4 Å². The lowest BCUT2D eigenvalue weighted by atomic mass is 9.90.